The van der Waals surface area contributed by atoms with E-state index in [0.29, 0.717) is 17.1 Å². The second-order valence-corrected chi connectivity index (χ2v) is 4.17. The number of carbonyl (C=O) groups excluding carboxylic acids is 1. The number of rotatable bonds is 4. The number of hydrogen-bond donors (Lipinski definition) is 0. The fourth-order valence-corrected chi connectivity index (χ4v) is 1.31. The first-order chi connectivity index (χ1) is 7.89. The smallest absolute Gasteiger partial charge is 0.163 e. The van der Waals surface area contributed by atoms with Crippen molar-refractivity contribution in [2.75, 3.05) is 7.11 Å². The minimum Gasteiger partial charge on any atom is -0.497 e. The highest BCUT2D eigenvalue weighted by Crippen LogP contribution is 2.28. The number of carbonyl (C=O) groups is 1. The monoisotopic (exact) mass is 232 g/mol. The summed E-state index contributed by atoms with van der Waals surface area (Å²) in [5.41, 5.74) is -0.273. The fraction of sp³-hybridized carbons (Fsp3) is 0.357. The van der Waals surface area contributed by atoms with E-state index in [0.717, 1.165) is 0 Å². The van der Waals surface area contributed by atoms with E-state index in [4.69, 9.17) is 15.9 Å². The number of ketones is 1. The topological polar surface area (TPSA) is 35.5 Å². The van der Waals surface area contributed by atoms with Gasteiger partial charge in [-0.3, -0.25) is 4.79 Å². The fourth-order valence-electron chi connectivity index (χ4n) is 1.31. The summed E-state index contributed by atoms with van der Waals surface area (Å²) in [4.78, 5) is 11.5. The SMILES string of the molecule is C#CC(C)(C)Oc1cc(OC)ccc1C(C)=O. The van der Waals surface area contributed by atoms with Crippen molar-refractivity contribution in [3.05, 3.63) is 23.8 Å². The Morgan fingerprint density at radius 2 is 2.06 bits per heavy atom. The van der Waals surface area contributed by atoms with Gasteiger partial charge in [0.25, 0.3) is 0 Å². The lowest BCUT2D eigenvalue weighted by molar-refractivity contribution is 0.100. The van der Waals surface area contributed by atoms with Crippen molar-refractivity contribution < 1.29 is 14.3 Å². The van der Waals surface area contributed by atoms with Gasteiger partial charge in [-0.25, -0.2) is 0 Å². The zero-order valence-corrected chi connectivity index (χ0v) is 10.5. The average molecular weight is 232 g/mol. The maximum atomic E-state index is 11.5. The number of ether oxygens (including phenoxy) is 2. The third-order valence-corrected chi connectivity index (χ3v) is 2.28. The molecule has 0 aliphatic carbocycles. The van der Waals surface area contributed by atoms with Gasteiger partial charge in [-0.15, -0.1) is 6.42 Å². The molecule has 3 nitrogen and oxygen atoms in total. The third kappa shape index (κ3) is 3.25. The Balaban J connectivity index is 3.19. The summed E-state index contributed by atoms with van der Waals surface area (Å²) >= 11 is 0. The molecule has 0 radical (unpaired) electrons. The lowest BCUT2D eigenvalue weighted by Crippen LogP contribution is -2.26. The van der Waals surface area contributed by atoms with Gasteiger partial charge in [0.1, 0.15) is 11.5 Å². The molecule has 0 atom stereocenters. The summed E-state index contributed by atoms with van der Waals surface area (Å²) < 4.78 is 10.7. The van der Waals surface area contributed by atoms with Crippen molar-refractivity contribution in [3.8, 4) is 23.8 Å². The van der Waals surface area contributed by atoms with Crippen molar-refractivity contribution in [2.45, 2.75) is 26.4 Å². The van der Waals surface area contributed by atoms with Crippen LogP contribution >= 0.6 is 0 Å². The molecule has 0 aliphatic heterocycles. The molecule has 1 aromatic rings. The van der Waals surface area contributed by atoms with Gasteiger partial charge in [0.15, 0.2) is 11.4 Å². The summed E-state index contributed by atoms with van der Waals surface area (Å²) in [6, 6.07) is 5.05. The Kier molecular flexibility index (Phi) is 3.80. The molecule has 0 unspecified atom stereocenters. The van der Waals surface area contributed by atoms with Gasteiger partial charge in [0.05, 0.1) is 12.7 Å². The molecule has 0 fully saturated rings. The van der Waals surface area contributed by atoms with Crippen LogP contribution in [-0.4, -0.2) is 18.5 Å². The van der Waals surface area contributed by atoms with Crippen LogP contribution in [0.3, 0.4) is 0 Å². The number of Topliss-reactive ketones (excluding diaryl/α,β-unsaturated/α-hetero) is 1. The molecule has 17 heavy (non-hydrogen) atoms. The van der Waals surface area contributed by atoms with E-state index in [-0.39, 0.29) is 5.78 Å². The van der Waals surface area contributed by atoms with Gasteiger partial charge >= 0.3 is 0 Å². The number of methoxy groups -OCH3 is 1. The molecule has 1 aromatic carbocycles. The first-order valence-corrected chi connectivity index (χ1v) is 5.25. The quantitative estimate of drug-likeness (QED) is 0.591. The van der Waals surface area contributed by atoms with E-state index in [1.54, 1.807) is 39.2 Å². The summed E-state index contributed by atoms with van der Waals surface area (Å²) in [6.07, 6.45) is 5.36. The van der Waals surface area contributed by atoms with Crippen LogP contribution in [0.1, 0.15) is 31.1 Å². The third-order valence-electron chi connectivity index (χ3n) is 2.28. The molecule has 0 N–H and O–H groups in total. The van der Waals surface area contributed by atoms with E-state index >= 15 is 0 Å². The highest BCUT2D eigenvalue weighted by atomic mass is 16.5. The molecule has 1 rings (SSSR count). The van der Waals surface area contributed by atoms with Crippen LogP contribution in [0.4, 0.5) is 0 Å². The minimum atomic E-state index is -0.767. The Morgan fingerprint density at radius 3 is 2.53 bits per heavy atom. The molecular formula is C14H16O3. The number of hydrogen-bond acceptors (Lipinski definition) is 3. The van der Waals surface area contributed by atoms with E-state index in [9.17, 15) is 4.79 Å². The van der Waals surface area contributed by atoms with Gasteiger partial charge < -0.3 is 9.47 Å². The van der Waals surface area contributed by atoms with Crippen LogP contribution < -0.4 is 9.47 Å². The predicted molar refractivity (Wildman–Crippen MR) is 66.5 cm³/mol. The Hall–Kier alpha value is -1.95. The van der Waals surface area contributed by atoms with Crippen LogP contribution in [-0.2, 0) is 0 Å². The molecule has 0 spiro atoms. The highest BCUT2D eigenvalue weighted by molar-refractivity contribution is 5.97. The zero-order chi connectivity index (χ0) is 13.1. The predicted octanol–water partition coefficient (Wildman–Crippen LogP) is 2.69. The van der Waals surface area contributed by atoms with E-state index in [1.165, 1.54) is 6.92 Å². The second-order valence-electron chi connectivity index (χ2n) is 4.17. The lowest BCUT2D eigenvalue weighted by atomic mass is 10.1. The number of terminal acetylenes is 1. The van der Waals surface area contributed by atoms with Crippen molar-refractivity contribution in [3.63, 3.8) is 0 Å². The molecule has 0 aliphatic rings. The van der Waals surface area contributed by atoms with Crippen molar-refractivity contribution in [1.82, 2.24) is 0 Å². The van der Waals surface area contributed by atoms with E-state index in [2.05, 4.69) is 5.92 Å². The molecule has 3 heteroatoms. The molecule has 0 bridgehead atoms. The summed E-state index contributed by atoms with van der Waals surface area (Å²) in [5, 5.41) is 0. The van der Waals surface area contributed by atoms with Gasteiger partial charge in [-0.2, -0.15) is 0 Å². The largest absolute Gasteiger partial charge is 0.497 e. The molecule has 0 aromatic heterocycles. The van der Waals surface area contributed by atoms with Gasteiger partial charge in [0.2, 0.25) is 0 Å². The van der Waals surface area contributed by atoms with E-state index in [1.807, 2.05) is 0 Å². The normalized spacial score (nSPS) is 10.5. The maximum absolute atomic E-state index is 11.5. The molecular weight excluding hydrogens is 216 g/mol. The molecule has 90 valence electrons. The number of benzene rings is 1. The van der Waals surface area contributed by atoms with Gasteiger partial charge in [-0.05, 0) is 32.9 Å². The minimum absolute atomic E-state index is 0.0736. The highest BCUT2D eigenvalue weighted by Gasteiger charge is 2.19. The molecule has 0 amide bonds. The van der Waals surface area contributed by atoms with Gasteiger partial charge in [0, 0.05) is 6.07 Å². The second kappa shape index (κ2) is 4.92. The van der Waals surface area contributed by atoms with Crippen LogP contribution in [0.15, 0.2) is 18.2 Å². The van der Waals surface area contributed by atoms with Crippen molar-refractivity contribution in [1.29, 1.82) is 0 Å². The molecule has 0 saturated heterocycles. The van der Waals surface area contributed by atoms with Crippen LogP contribution in [0.2, 0.25) is 0 Å². The van der Waals surface area contributed by atoms with Crippen LogP contribution in [0.5, 0.6) is 11.5 Å². The Bertz CT molecular complexity index is 467. The maximum Gasteiger partial charge on any atom is 0.163 e. The first-order valence-electron chi connectivity index (χ1n) is 5.25. The summed E-state index contributed by atoms with van der Waals surface area (Å²) in [6.45, 7) is 5.00. The Morgan fingerprint density at radius 1 is 1.41 bits per heavy atom. The Labute approximate surface area is 102 Å². The van der Waals surface area contributed by atoms with Gasteiger partial charge in [-0.1, -0.05) is 5.92 Å². The van der Waals surface area contributed by atoms with Crippen molar-refractivity contribution >= 4 is 5.78 Å². The van der Waals surface area contributed by atoms with Crippen molar-refractivity contribution in [2.24, 2.45) is 0 Å². The standard InChI is InChI=1S/C14H16O3/c1-6-14(3,4)17-13-9-11(16-5)7-8-12(13)10(2)15/h1,7-9H,2-5H3. The summed E-state index contributed by atoms with van der Waals surface area (Å²) in [7, 11) is 1.55. The zero-order valence-electron chi connectivity index (χ0n) is 10.5. The lowest BCUT2D eigenvalue weighted by Gasteiger charge is -2.22. The van der Waals surface area contributed by atoms with Crippen LogP contribution in [0, 0.1) is 12.3 Å². The molecule has 0 heterocycles. The average Bonchev–Trinajstić information content (AvgIpc) is 2.28. The summed E-state index contributed by atoms with van der Waals surface area (Å²) in [5.74, 6) is 3.51. The molecule has 0 saturated carbocycles. The van der Waals surface area contributed by atoms with Crippen LogP contribution in [0.25, 0.3) is 0 Å². The first kappa shape index (κ1) is 13.1. The van der Waals surface area contributed by atoms with E-state index < -0.39 is 5.60 Å².